The summed E-state index contributed by atoms with van der Waals surface area (Å²) >= 11 is 0. The highest BCUT2D eigenvalue weighted by molar-refractivity contribution is 5.78. The molecule has 1 N–H and O–H groups in total. The predicted molar refractivity (Wildman–Crippen MR) is 97.0 cm³/mol. The van der Waals surface area contributed by atoms with Gasteiger partial charge in [-0.15, -0.1) is 0 Å². The van der Waals surface area contributed by atoms with Gasteiger partial charge in [0, 0.05) is 52.4 Å². The lowest BCUT2D eigenvalue weighted by molar-refractivity contribution is -0.122. The summed E-state index contributed by atoms with van der Waals surface area (Å²) in [6.07, 6.45) is 1.12. The normalized spacial score (nSPS) is 19.9. The van der Waals surface area contributed by atoms with Crippen molar-refractivity contribution in [3.8, 4) is 0 Å². The van der Waals surface area contributed by atoms with Gasteiger partial charge in [0.1, 0.15) is 0 Å². The van der Waals surface area contributed by atoms with Gasteiger partial charge in [0.15, 0.2) is 0 Å². The average molecular weight is 330 g/mol. The number of rotatable bonds is 6. The molecule has 2 heterocycles. The molecule has 0 unspecified atom stereocenters. The van der Waals surface area contributed by atoms with Gasteiger partial charge in [0.25, 0.3) is 0 Å². The van der Waals surface area contributed by atoms with E-state index in [4.69, 9.17) is 0 Å². The lowest BCUT2D eigenvalue weighted by Crippen LogP contribution is -2.49. The third-order valence-corrected chi connectivity index (χ3v) is 5.24. The molecule has 24 heavy (non-hydrogen) atoms. The van der Waals surface area contributed by atoms with Crippen molar-refractivity contribution in [1.82, 2.24) is 20.0 Å². The van der Waals surface area contributed by atoms with Gasteiger partial charge < -0.3 is 10.2 Å². The minimum atomic E-state index is 0.164. The highest BCUT2D eigenvalue weighted by atomic mass is 16.2. The van der Waals surface area contributed by atoms with Crippen LogP contribution in [0.3, 0.4) is 0 Å². The SMILES string of the molecule is CCN1CCN(CC(=O)NCCN2CCc3ccccc3C2)CC1. The molecule has 1 aromatic rings. The van der Waals surface area contributed by atoms with E-state index in [1.165, 1.54) is 11.1 Å². The third-order valence-electron chi connectivity index (χ3n) is 5.24. The first-order valence-corrected chi connectivity index (χ1v) is 9.25. The van der Waals surface area contributed by atoms with Crippen LogP contribution < -0.4 is 5.32 Å². The van der Waals surface area contributed by atoms with Crippen LogP contribution >= 0.6 is 0 Å². The lowest BCUT2D eigenvalue weighted by Gasteiger charge is -2.33. The Hall–Kier alpha value is -1.43. The van der Waals surface area contributed by atoms with Crippen LogP contribution in [0.1, 0.15) is 18.1 Å². The van der Waals surface area contributed by atoms with Crippen LogP contribution in [-0.2, 0) is 17.8 Å². The van der Waals surface area contributed by atoms with Crippen molar-refractivity contribution in [2.24, 2.45) is 0 Å². The zero-order valence-electron chi connectivity index (χ0n) is 14.8. The van der Waals surface area contributed by atoms with Gasteiger partial charge in [-0.05, 0) is 24.1 Å². The summed E-state index contributed by atoms with van der Waals surface area (Å²) in [5, 5.41) is 3.09. The first kappa shape index (κ1) is 17.4. The minimum absolute atomic E-state index is 0.164. The molecule has 132 valence electrons. The van der Waals surface area contributed by atoms with Gasteiger partial charge in [0.05, 0.1) is 6.54 Å². The highest BCUT2D eigenvalue weighted by Gasteiger charge is 2.18. The predicted octanol–water partition coefficient (Wildman–Crippen LogP) is 0.798. The molecule has 2 aliphatic heterocycles. The van der Waals surface area contributed by atoms with Crippen LogP contribution in [0.5, 0.6) is 0 Å². The molecular formula is C19H30N4O. The van der Waals surface area contributed by atoms with Gasteiger partial charge in [-0.1, -0.05) is 31.2 Å². The summed E-state index contributed by atoms with van der Waals surface area (Å²) in [6.45, 7) is 11.8. The number of amides is 1. The first-order valence-electron chi connectivity index (χ1n) is 9.25. The van der Waals surface area contributed by atoms with Crippen LogP contribution in [0, 0.1) is 0 Å². The standard InChI is InChI=1S/C19H30N4O/c1-2-21-11-13-23(14-12-21)16-19(24)20-8-10-22-9-7-17-5-3-4-6-18(17)15-22/h3-6H,2,7-16H2,1H3,(H,20,24). The van der Waals surface area contributed by atoms with Crippen LogP contribution in [0.15, 0.2) is 24.3 Å². The first-order chi connectivity index (χ1) is 11.7. The maximum atomic E-state index is 12.1. The fourth-order valence-electron chi connectivity index (χ4n) is 3.62. The molecule has 0 spiro atoms. The van der Waals surface area contributed by atoms with Crippen molar-refractivity contribution in [2.45, 2.75) is 19.9 Å². The van der Waals surface area contributed by atoms with Crippen molar-refractivity contribution >= 4 is 5.91 Å². The quantitative estimate of drug-likeness (QED) is 0.837. The number of nitrogens with zero attached hydrogens (tertiary/aromatic N) is 3. The van der Waals surface area contributed by atoms with E-state index in [0.717, 1.165) is 65.3 Å². The number of carbonyl (C=O) groups excluding carboxylic acids is 1. The molecule has 2 aliphatic rings. The molecule has 1 aromatic carbocycles. The maximum Gasteiger partial charge on any atom is 0.234 e. The van der Waals surface area contributed by atoms with E-state index in [1.54, 1.807) is 0 Å². The fraction of sp³-hybridized carbons (Fsp3) is 0.632. The van der Waals surface area contributed by atoms with Crippen LogP contribution in [0.2, 0.25) is 0 Å². The highest BCUT2D eigenvalue weighted by Crippen LogP contribution is 2.17. The molecule has 0 radical (unpaired) electrons. The monoisotopic (exact) mass is 330 g/mol. The second kappa shape index (κ2) is 8.60. The summed E-state index contributed by atoms with van der Waals surface area (Å²) in [4.78, 5) is 19.2. The molecule has 5 heteroatoms. The molecule has 1 amide bonds. The topological polar surface area (TPSA) is 38.8 Å². The van der Waals surface area contributed by atoms with Crippen molar-refractivity contribution in [2.75, 3.05) is 58.9 Å². The Bertz CT molecular complexity index is 540. The van der Waals surface area contributed by atoms with Crippen molar-refractivity contribution in [3.63, 3.8) is 0 Å². The molecule has 0 aliphatic carbocycles. The Morgan fingerprint density at radius 2 is 1.71 bits per heavy atom. The average Bonchev–Trinajstić information content (AvgIpc) is 2.62. The maximum absolute atomic E-state index is 12.1. The van der Waals surface area contributed by atoms with E-state index in [9.17, 15) is 4.79 Å². The van der Waals surface area contributed by atoms with Crippen LogP contribution in [0.25, 0.3) is 0 Å². The van der Waals surface area contributed by atoms with E-state index in [2.05, 4.69) is 51.2 Å². The van der Waals surface area contributed by atoms with E-state index in [0.29, 0.717) is 6.54 Å². The molecule has 1 saturated heterocycles. The largest absolute Gasteiger partial charge is 0.354 e. The number of likely N-dealkylation sites (N-methyl/N-ethyl adjacent to an activating group) is 1. The van der Waals surface area contributed by atoms with Gasteiger partial charge in [-0.25, -0.2) is 0 Å². The van der Waals surface area contributed by atoms with Crippen molar-refractivity contribution in [1.29, 1.82) is 0 Å². The summed E-state index contributed by atoms with van der Waals surface area (Å²) in [6, 6.07) is 8.68. The molecular weight excluding hydrogens is 300 g/mol. The zero-order chi connectivity index (χ0) is 16.8. The molecule has 1 fully saturated rings. The summed E-state index contributed by atoms with van der Waals surface area (Å²) in [5.41, 5.74) is 2.91. The van der Waals surface area contributed by atoms with Crippen LogP contribution in [-0.4, -0.2) is 79.5 Å². The number of hydrogen-bond donors (Lipinski definition) is 1. The van der Waals surface area contributed by atoms with Gasteiger partial charge in [-0.2, -0.15) is 0 Å². The number of piperazine rings is 1. The van der Waals surface area contributed by atoms with E-state index in [1.807, 2.05) is 0 Å². The summed E-state index contributed by atoms with van der Waals surface area (Å²) < 4.78 is 0. The minimum Gasteiger partial charge on any atom is -0.354 e. The summed E-state index contributed by atoms with van der Waals surface area (Å²) in [5.74, 6) is 0.164. The second-order valence-corrected chi connectivity index (χ2v) is 6.86. The smallest absolute Gasteiger partial charge is 0.234 e. The number of hydrogen-bond acceptors (Lipinski definition) is 4. The number of carbonyl (C=O) groups is 1. The fourth-order valence-corrected chi connectivity index (χ4v) is 3.62. The Morgan fingerprint density at radius 3 is 2.46 bits per heavy atom. The van der Waals surface area contributed by atoms with Crippen LogP contribution in [0.4, 0.5) is 0 Å². The Balaban J connectivity index is 1.33. The second-order valence-electron chi connectivity index (χ2n) is 6.86. The Morgan fingerprint density at radius 1 is 1.00 bits per heavy atom. The van der Waals surface area contributed by atoms with Gasteiger partial charge in [-0.3, -0.25) is 14.6 Å². The van der Waals surface area contributed by atoms with Gasteiger partial charge in [0.2, 0.25) is 5.91 Å². The van der Waals surface area contributed by atoms with E-state index in [-0.39, 0.29) is 5.91 Å². The van der Waals surface area contributed by atoms with E-state index >= 15 is 0 Å². The lowest BCUT2D eigenvalue weighted by atomic mass is 10.00. The third kappa shape index (κ3) is 4.79. The number of benzene rings is 1. The molecule has 0 saturated carbocycles. The van der Waals surface area contributed by atoms with Gasteiger partial charge >= 0.3 is 0 Å². The zero-order valence-corrected chi connectivity index (χ0v) is 14.8. The molecule has 0 atom stereocenters. The number of fused-ring (bicyclic) bond motifs is 1. The van der Waals surface area contributed by atoms with Crippen molar-refractivity contribution < 1.29 is 4.79 Å². The molecule has 0 aromatic heterocycles. The molecule has 5 nitrogen and oxygen atoms in total. The molecule has 3 rings (SSSR count). The summed E-state index contributed by atoms with van der Waals surface area (Å²) in [7, 11) is 0. The molecule has 0 bridgehead atoms. The number of nitrogens with one attached hydrogen (secondary N) is 1. The Kier molecular flexibility index (Phi) is 6.24. The van der Waals surface area contributed by atoms with E-state index < -0.39 is 0 Å². The Labute approximate surface area is 145 Å². The van der Waals surface area contributed by atoms with Crippen molar-refractivity contribution in [3.05, 3.63) is 35.4 Å².